The fourth-order valence-electron chi connectivity index (χ4n) is 2.52. The second-order valence-electron chi connectivity index (χ2n) is 6.18. The van der Waals surface area contributed by atoms with E-state index in [1.54, 1.807) is 31.2 Å². The zero-order valence-corrected chi connectivity index (χ0v) is 18.7. The number of nitrogens with zero attached hydrogens (tertiary/aromatic N) is 2. The van der Waals surface area contributed by atoms with Gasteiger partial charge in [0.25, 0.3) is 15.7 Å². The van der Waals surface area contributed by atoms with Crippen LogP contribution in [0.5, 0.6) is 5.75 Å². The molecular formula is C19H17ClN4O5S2. The Bertz CT molecular complexity index is 1240. The van der Waals surface area contributed by atoms with Gasteiger partial charge in [0.2, 0.25) is 0 Å². The Kier molecular flexibility index (Phi) is 6.78. The van der Waals surface area contributed by atoms with Gasteiger partial charge in [-0.15, -0.1) is 11.3 Å². The lowest BCUT2D eigenvalue weighted by molar-refractivity contribution is -0.385. The van der Waals surface area contributed by atoms with Crippen molar-refractivity contribution in [3.63, 3.8) is 0 Å². The molecule has 1 aromatic heterocycles. The van der Waals surface area contributed by atoms with Crippen LogP contribution in [0.1, 0.15) is 11.8 Å². The van der Waals surface area contributed by atoms with Crippen LogP contribution in [0.4, 0.5) is 17.1 Å². The molecule has 9 nitrogen and oxygen atoms in total. The van der Waals surface area contributed by atoms with Gasteiger partial charge < -0.3 is 4.74 Å². The van der Waals surface area contributed by atoms with E-state index in [9.17, 15) is 18.5 Å². The van der Waals surface area contributed by atoms with Crippen LogP contribution in [-0.2, 0) is 10.0 Å². The van der Waals surface area contributed by atoms with Crippen molar-refractivity contribution in [3.8, 4) is 5.75 Å². The number of thiophene rings is 1. The summed E-state index contributed by atoms with van der Waals surface area (Å²) in [6.07, 6.45) is 0. The van der Waals surface area contributed by atoms with Gasteiger partial charge in [-0.2, -0.15) is 5.10 Å². The minimum atomic E-state index is -4.17. The Morgan fingerprint density at radius 3 is 2.45 bits per heavy atom. The van der Waals surface area contributed by atoms with Gasteiger partial charge in [0.05, 0.1) is 32.6 Å². The Morgan fingerprint density at radius 1 is 1.16 bits per heavy atom. The van der Waals surface area contributed by atoms with Crippen LogP contribution in [0.15, 0.2) is 64.6 Å². The van der Waals surface area contributed by atoms with Crippen molar-refractivity contribution >= 4 is 55.7 Å². The van der Waals surface area contributed by atoms with Gasteiger partial charge in [-0.3, -0.25) is 20.3 Å². The highest BCUT2D eigenvalue weighted by Crippen LogP contribution is 2.29. The summed E-state index contributed by atoms with van der Waals surface area (Å²) in [6, 6.07) is 13.2. The van der Waals surface area contributed by atoms with Crippen LogP contribution in [0.2, 0.25) is 4.34 Å². The molecule has 0 saturated carbocycles. The maximum Gasteiger partial charge on any atom is 0.270 e. The van der Waals surface area contributed by atoms with Crippen LogP contribution >= 0.6 is 22.9 Å². The van der Waals surface area contributed by atoms with Crippen LogP contribution in [-0.4, -0.2) is 26.2 Å². The number of hydrazone groups is 1. The van der Waals surface area contributed by atoms with Crippen LogP contribution in [0.25, 0.3) is 0 Å². The monoisotopic (exact) mass is 480 g/mol. The summed E-state index contributed by atoms with van der Waals surface area (Å²) >= 11 is 7.25. The third-order valence-electron chi connectivity index (χ3n) is 4.08. The number of anilines is 2. The summed E-state index contributed by atoms with van der Waals surface area (Å²) in [5.74, 6) is 0.555. The number of sulfonamides is 1. The number of benzene rings is 2. The molecule has 0 unspecified atom stereocenters. The molecule has 0 aliphatic rings. The second-order valence-corrected chi connectivity index (χ2v) is 9.55. The number of hydrogen-bond donors (Lipinski definition) is 2. The van der Waals surface area contributed by atoms with Crippen molar-refractivity contribution in [2.24, 2.45) is 5.10 Å². The molecule has 3 rings (SSSR count). The fraction of sp³-hybridized carbons (Fsp3) is 0.105. The second kappa shape index (κ2) is 9.33. The molecule has 12 heteroatoms. The van der Waals surface area contributed by atoms with Crippen molar-refractivity contribution in [1.29, 1.82) is 0 Å². The number of halogens is 1. The van der Waals surface area contributed by atoms with Crippen LogP contribution in [0.3, 0.4) is 0 Å². The molecule has 0 aliphatic carbocycles. The third kappa shape index (κ3) is 5.51. The van der Waals surface area contributed by atoms with Crippen molar-refractivity contribution in [2.45, 2.75) is 11.8 Å². The van der Waals surface area contributed by atoms with E-state index < -0.39 is 14.9 Å². The van der Waals surface area contributed by atoms with Crippen LogP contribution in [0, 0.1) is 10.1 Å². The molecule has 2 N–H and O–H groups in total. The average Bonchev–Trinajstić information content (AvgIpc) is 3.18. The summed E-state index contributed by atoms with van der Waals surface area (Å²) in [5.41, 5.74) is 3.24. The van der Waals surface area contributed by atoms with Crippen molar-refractivity contribution in [3.05, 3.63) is 73.9 Å². The van der Waals surface area contributed by atoms with Gasteiger partial charge in [-0.05, 0) is 49.4 Å². The van der Waals surface area contributed by atoms with E-state index in [0.29, 0.717) is 15.8 Å². The summed E-state index contributed by atoms with van der Waals surface area (Å²) in [6.45, 7) is 1.73. The van der Waals surface area contributed by atoms with Gasteiger partial charge in [0.15, 0.2) is 0 Å². The molecule has 0 bridgehead atoms. The highest BCUT2D eigenvalue weighted by molar-refractivity contribution is 7.92. The molecule has 0 amide bonds. The normalized spacial score (nSPS) is 11.8. The first-order valence-electron chi connectivity index (χ1n) is 8.71. The highest BCUT2D eigenvalue weighted by atomic mass is 35.5. The molecule has 3 aromatic rings. The lowest BCUT2D eigenvalue weighted by Gasteiger charge is -2.12. The summed E-state index contributed by atoms with van der Waals surface area (Å²) in [5, 5.41) is 15.4. The van der Waals surface area contributed by atoms with E-state index in [1.165, 1.54) is 42.7 Å². The number of non-ortho nitro benzene ring substituents is 1. The zero-order valence-electron chi connectivity index (χ0n) is 16.3. The van der Waals surface area contributed by atoms with Gasteiger partial charge in [0, 0.05) is 17.8 Å². The SMILES string of the molecule is COc1ccc(NS(=O)(=O)c2cc([N+](=O)[O-])ccc2NN=C(C)c2ccc(Cl)s2)cc1. The molecule has 0 aliphatic heterocycles. The number of methoxy groups -OCH3 is 1. The predicted octanol–water partition coefficient (Wildman–Crippen LogP) is 4.96. The van der Waals surface area contributed by atoms with Crippen LogP contribution < -0.4 is 14.9 Å². The molecule has 0 fully saturated rings. The van der Waals surface area contributed by atoms with E-state index in [2.05, 4.69) is 15.2 Å². The van der Waals surface area contributed by atoms with E-state index in [1.807, 2.05) is 0 Å². The molecule has 31 heavy (non-hydrogen) atoms. The minimum Gasteiger partial charge on any atom is -0.497 e. The highest BCUT2D eigenvalue weighted by Gasteiger charge is 2.23. The number of nitro groups is 1. The standard InChI is InChI=1S/C19H17ClN4O5S2/c1-12(17-9-10-19(20)30-17)21-22-16-8-5-14(24(25)26)11-18(16)31(27,28)23-13-3-6-15(29-2)7-4-13/h3-11,22-23H,1-2H3. The third-order valence-corrected chi connectivity index (χ3v) is 6.84. The number of ether oxygens (including phenoxy) is 1. The van der Waals surface area contributed by atoms with Gasteiger partial charge >= 0.3 is 0 Å². The van der Waals surface area contributed by atoms with E-state index in [0.717, 1.165) is 10.9 Å². The lowest BCUT2D eigenvalue weighted by atomic mass is 10.3. The fourth-order valence-corrected chi connectivity index (χ4v) is 4.74. The quantitative estimate of drug-likeness (QED) is 0.267. The zero-order chi connectivity index (χ0) is 22.6. The van der Waals surface area contributed by atoms with Crippen molar-refractivity contribution in [2.75, 3.05) is 17.3 Å². The number of nitrogens with one attached hydrogen (secondary N) is 2. The molecule has 1 heterocycles. The number of hydrogen-bond acceptors (Lipinski definition) is 8. The minimum absolute atomic E-state index is 0.0774. The van der Waals surface area contributed by atoms with Gasteiger partial charge in [-0.25, -0.2) is 8.42 Å². The smallest absolute Gasteiger partial charge is 0.270 e. The first kappa shape index (κ1) is 22.5. The Labute approximate surface area is 187 Å². The first-order chi connectivity index (χ1) is 14.7. The van der Waals surface area contributed by atoms with E-state index in [4.69, 9.17) is 16.3 Å². The largest absolute Gasteiger partial charge is 0.497 e. The molecule has 0 spiro atoms. The first-order valence-corrected chi connectivity index (χ1v) is 11.4. The van der Waals surface area contributed by atoms with E-state index in [-0.39, 0.29) is 22.0 Å². The Hall–Kier alpha value is -3.15. The molecular weight excluding hydrogens is 464 g/mol. The maximum absolute atomic E-state index is 13.0. The van der Waals surface area contributed by atoms with E-state index >= 15 is 0 Å². The van der Waals surface area contributed by atoms with Gasteiger partial charge in [0.1, 0.15) is 10.6 Å². The Morgan fingerprint density at radius 2 is 1.87 bits per heavy atom. The average molecular weight is 481 g/mol. The van der Waals surface area contributed by atoms with Crippen molar-refractivity contribution < 1.29 is 18.1 Å². The number of nitro benzene ring substituents is 1. The Balaban J connectivity index is 1.95. The maximum atomic E-state index is 13.0. The molecule has 162 valence electrons. The molecule has 0 saturated heterocycles. The molecule has 0 radical (unpaired) electrons. The van der Waals surface area contributed by atoms with Crippen molar-refractivity contribution in [1.82, 2.24) is 0 Å². The predicted molar refractivity (Wildman–Crippen MR) is 122 cm³/mol. The lowest BCUT2D eigenvalue weighted by Crippen LogP contribution is -2.15. The topological polar surface area (TPSA) is 123 Å². The summed E-state index contributed by atoms with van der Waals surface area (Å²) in [7, 11) is -2.68. The summed E-state index contributed by atoms with van der Waals surface area (Å²) in [4.78, 5) is 11.0. The summed E-state index contributed by atoms with van der Waals surface area (Å²) < 4.78 is 34.0. The molecule has 2 aromatic carbocycles. The number of rotatable bonds is 8. The van der Waals surface area contributed by atoms with Gasteiger partial charge in [-0.1, -0.05) is 11.6 Å². The molecule has 0 atom stereocenters.